The number of fused-ring (bicyclic) bond motifs is 1. The summed E-state index contributed by atoms with van der Waals surface area (Å²) in [7, 11) is 1.86. The van der Waals surface area contributed by atoms with E-state index in [1.165, 1.54) is 0 Å². The molecule has 1 N–H and O–H groups in total. The summed E-state index contributed by atoms with van der Waals surface area (Å²) in [6, 6.07) is 9.81. The Morgan fingerprint density at radius 3 is 2.68 bits per heavy atom. The number of aromatic nitrogens is 3. The first kappa shape index (κ1) is 17.5. The standard InChI is InChI=1S/C19H23ClN4O/c1-12(11-24-14(3)9-13(2)22-24)10-21-19(25)18-17(20)15-7-5-6-8-16(15)23(18)4/h5-9,12H,10-11H2,1-4H3,(H,21,25)/t12-/m1/s1. The predicted molar refractivity (Wildman–Crippen MR) is 101 cm³/mol. The quantitative estimate of drug-likeness (QED) is 0.755. The highest BCUT2D eigenvalue weighted by Crippen LogP contribution is 2.29. The van der Waals surface area contributed by atoms with Gasteiger partial charge in [-0.2, -0.15) is 5.10 Å². The molecule has 0 aliphatic rings. The third kappa shape index (κ3) is 3.42. The van der Waals surface area contributed by atoms with Gasteiger partial charge >= 0.3 is 0 Å². The number of hydrogen-bond acceptors (Lipinski definition) is 2. The van der Waals surface area contributed by atoms with Crippen molar-refractivity contribution in [3.8, 4) is 0 Å². The summed E-state index contributed by atoms with van der Waals surface area (Å²) >= 11 is 6.43. The Labute approximate surface area is 152 Å². The molecule has 0 radical (unpaired) electrons. The van der Waals surface area contributed by atoms with Crippen molar-refractivity contribution in [2.75, 3.05) is 6.54 Å². The van der Waals surface area contributed by atoms with Gasteiger partial charge in [-0.1, -0.05) is 36.7 Å². The first-order chi connectivity index (χ1) is 11.9. The van der Waals surface area contributed by atoms with Gasteiger partial charge in [0.15, 0.2) is 0 Å². The van der Waals surface area contributed by atoms with Crippen molar-refractivity contribution in [1.29, 1.82) is 0 Å². The van der Waals surface area contributed by atoms with Gasteiger partial charge in [0.1, 0.15) is 5.69 Å². The first-order valence-electron chi connectivity index (χ1n) is 8.40. The molecule has 1 amide bonds. The summed E-state index contributed by atoms with van der Waals surface area (Å²) < 4.78 is 3.83. The maximum Gasteiger partial charge on any atom is 0.269 e. The van der Waals surface area contributed by atoms with Gasteiger partial charge < -0.3 is 9.88 Å². The molecule has 5 nitrogen and oxygen atoms in total. The van der Waals surface area contributed by atoms with Gasteiger partial charge in [0, 0.05) is 36.7 Å². The van der Waals surface area contributed by atoms with E-state index in [1.807, 2.05) is 54.4 Å². The number of para-hydroxylation sites is 1. The average molecular weight is 359 g/mol. The van der Waals surface area contributed by atoms with Crippen molar-refractivity contribution in [3.05, 3.63) is 52.4 Å². The van der Waals surface area contributed by atoms with Crippen molar-refractivity contribution in [2.45, 2.75) is 27.3 Å². The highest BCUT2D eigenvalue weighted by molar-refractivity contribution is 6.38. The van der Waals surface area contributed by atoms with Crippen molar-refractivity contribution in [1.82, 2.24) is 19.7 Å². The van der Waals surface area contributed by atoms with Crippen LogP contribution in [0.25, 0.3) is 10.9 Å². The number of amides is 1. The Morgan fingerprint density at radius 1 is 1.32 bits per heavy atom. The van der Waals surface area contributed by atoms with Crippen LogP contribution in [0.1, 0.15) is 28.8 Å². The second-order valence-corrected chi connectivity index (χ2v) is 7.04. The zero-order chi connectivity index (χ0) is 18.1. The van der Waals surface area contributed by atoms with Crippen LogP contribution in [-0.4, -0.2) is 26.8 Å². The smallest absolute Gasteiger partial charge is 0.269 e. The molecule has 6 heteroatoms. The van der Waals surface area contributed by atoms with E-state index in [-0.39, 0.29) is 11.8 Å². The number of halogens is 1. The van der Waals surface area contributed by atoms with E-state index in [1.54, 1.807) is 0 Å². The molecule has 0 saturated heterocycles. The van der Waals surface area contributed by atoms with Gasteiger partial charge in [0.05, 0.1) is 10.7 Å². The summed E-state index contributed by atoms with van der Waals surface area (Å²) in [6.07, 6.45) is 0. The minimum atomic E-state index is -0.149. The third-order valence-corrected chi connectivity index (χ3v) is 4.84. The average Bonchev–Trinajstić information content (AvgIpc) is 3.02. The van der Waals surface area contributed by atoms with Crippen LogP contribution in [-0.2, 0) is 13.6 Å². The Hall–Kier alpha value is -2.27. The number of aryl methyl sites for hydroxylation is 3. The van der Waals surface area contributed by atoms with Crippen molar-refractivity contribution in [3.63, 3.8) is 0 Å². The minimum Gasteiger partial charge on any atom is -0.350 e. The van der Waals surface area contributed by atoms with Crippen molar-refractivity contribution >= 4 is 28.4 Å². The van der Waals surface area contributed by atoms with Gasteiger partial charge in [-0.15, -0.1) is 0 Å². The summed E-state index contributed by atoms with van der Waals surface area (Å²) in [5, 5.41) is 8.87. The van der Waals surface area contributed by atoms with E-state index in [2.05, 4.69) is 23.4 Å². The summed E-state index contributed by atoms with van der Waals surface area (Å²) in [5.41, 5.74) is 3.60. The van der Waals surface area contributed by atoms with Crippen LogP contribution in [0, 0.1) is 19.8 Å². The van der Waals surface area contributed by atoms with E-state index in [4.69, 9.17) is 11.6 Å². The van der Waals surface area contributed by atoms with Crippen molar-refractivity contribution < 1.29 is 4.79 Å². The molecule has 25 heavy (non-hydrogen) atoms. The Bertz CT molecular complexity index is 886. The molecule has 0 bridgehead atoms. The molecule has 0 fully saturated rings. The molecular formula is C19H23ClN4O. The Balaban J connectivity index is 1.70. The van der Waals surface area contributed by atoms with Gasteiger partial charge in [-0.05, 0) is 31.9 Å². The van der Waals surface area contributed by atoms with E-state index >= 15 is 0 Å². The maximum absolute atomic E-state index is 12.6. The summed E-state index contributed by atoms with van der Waals surface area (Å²) in [5.74, 6) is 0.110. The highest BCUT2D eigenvalue weighted by atomic mass is 35.5. The van der Waals surface area contributed by atoms with Gasteiger partial charge in [-0.25, -0.2) is 0 Å². The van der Waals surface area contributed by atoms with Gasteiger partial charge in [-0.3, -0.25) is 9.48 Å². The van der Waals surface area contributed by atoms with Crippen molar-refractivity contribution in [2.24, 2.45) is 13.0 Å². The van der Waals surface area contributed by atoms with E-state index in [9.17, 15) is 4.79 Å². The molecule has 1 aromatic carbocycles. The molecule has 0 saturated carbocycles. The van der Waals surface area contributed by atoms with Crippen LogP contribution >= 0.6 is 11.6 Å². The number of nitrogens with one attached hydrogen (secondary N) is 1. The zero-order valence-corrected chi connectivity index (χ0v) is 15.8. The lowest BCUT2D eigenvalue weighted by molar-refractivity contribution is 0.0939. The van der Waals surface area contributed by atoms with Gasteiger partial charge in [0.25, 0.3) is 5.91 Å². The molecule has 132 valence electrons. The van der Waals surface area contributed by atoms with Crippen LogP contribution in [0.15, 0.2) is 30.3 Å². The van der Waals surface area contributed by atoms with E-state index in [0.29, 0.717) is 17.3 Å². The van der Waals surface area contributed by atoms with Crippen LogP contribution in [0.5, 0.6) is 0 Å². The monoisotopic (exact) mass is 358 g/mol. The topological polar surface area (TPSA) is 51.9 Å². The fourth-order valence-electron chi connectivity index (χ4n) is 3.17. The third-order valence-electron chi connectivity index (χ3n) is 4.46. The van der Waals surface area contributed by atoms with E-state index in [0.717, 1.165) is 28.8 Å². The first-order valence-corrected chi connectivity index (χ1v) is 8.78. The zero-order valence-electron chi connectivity index (χ0n) is 15.0. The lowest BCUT2D eigenvalue weighted by Gasteiger charge is -2.14. The molecule has 1 atom stereocenters. The Kier molecular flexibility index (Phi) is 4.86. The molecule has 0 spiro atoms. The number of nitrogens with zero attached hydrogens (tertiary/aromatic N) is 3. The fourth-order valence-corrected chi connectivity index (χ4v) is 3.54. The maximum atomic E-state index is 12.6. The molecule has 2 heterocycles. The lowest BCUT2D eigenvalue weighted by Crippen LogP contribution is -2.31. The molecule has 0 unspecified atom stereocenters. The Morgan fingerprint density at radius 2 is 2.04 bits per heavy atom. The van der Waals surface area contributed by atoms with Crippen LogP contribution < -0.4 is 5.32 Å². The molecule has 2 aromatic heterocycles. The number of rotatable bonds is 5. The SMILES string of the molecule is Cc1cc(C)n(C[C@H](C)CNC(=O)c2c(Cl)c3ccccc3n2C)n1. The normalized spacial score (nSPS) is 12.5. The molecule has 3 rings (SSSR count). The minimum absolute atomic E-state index is 0.149. The second kappa shape index (κ2) is 6.92. The van der Waals surface area contributed by atoms with Gasteiger partial charge in [0.2, 0.25) is 0 Å². The van der Waals surface area contributed by atoms with Crippen LogP contribution in [0.3, 0.4) is 0 Å². The number of benzene rings is 1. The lowest BCUT2D eigenvalue weighted by atomic mass is 10.2. The largest absolute Gasteiger partial charge is 0.350 e. The van der Waals surface area contributed by atoms with Crippen LogP contribution in [0.2, 0.25) is 5.02 Å². The summed E-state index contributed by atoms with van der Waals surface area (Å²) in [4.78, 5) is 12.6. The number of hydrogen-bond donors (Lipinski definition) is 1. The molecule has 0 aliphatic carbocycles. The molecular weight excluding hydrogens is 336 g/mol. The fraction of sp³-hybridized carbons (Fsp3) is 0.368. The van der Waals surface area contributed by atoms with Crippen LogP contribution in [0.4, 0.5) is 0 Å². The molecule has 3 aromatic rings. The number of carbonyl (C=O) groups excluding carboxylic acids is 1. The second-order valence-electron chi connectivity index (χ2n) is 6.66. The predicted octanol–water partition coefficient (Wildman–Crippen LogP) is 3.71. The number of carbonyl (C=O) groups is 1. The molecule has 0 aliphatic heterocycles. The van der Waals surface area contributed by atoms with E-state index < -0.39 is 0 Å². The highest BCUT2D eigenvalue weighted by Gasteiger charge is 2.20. The summed E-state index contributed by atoms with van der Waals surface area (Å²) in [6.45, 7) is 7.45.